The highest BCUT2D eigenvalue weighted by Gasteiger charge is 2.35. The molecule has 0 aliphatic rings. The number of rotatable bonds is 4. The fraction of sp³-hybridized carbons (Fsp3) is 1.00. The SMILES string of the molecule is CO[SiH](OC)C(C)(C)C(C)C. The lowest BCUT2D eigenvalue weighted by atomic mass is 9.99. The largest absolute Gasteiger partial charge is 0.400 e. The predicted molar refractivity (Wildman–Crippen MR) is 50.0 cm³/mol. The molecule has 2 nitrogen and oxygen atoms in total. The fourth-order valence-electron chi connectivity index (χ4n) is 0.976. The molecule has 0 rings (SSSR count). The molecule has 0 saturated carbocycles. The van der Waals surface area contributed by atoms with Crippen molar-refractivity contribution in [3.05, 3.63) is 0 Å². The van der Waals surface area contributed by atoms with Gasteiger partial charge in [0.1, 0.15) is 0 Å². The van der Waals surface area contributed by atoms with Crippen LogP contribution in [0.15, 0.2) is 0 Å². The zero-order valence-corrected chi connectivity index (χ0v) is 9.63. The highest BCUT2D eigenvalue weighted by atomic mass is 28.3. The normalized spacial score (nSPS) is 13.1. The lowest BCUT2D eigenvalue weighted by Gasteiger charge is -2.33. The second-order valence-corrected chi connectivity index (χ2v) is 6.87. The molecule has 0 aromatic heterocycles. The Labute approximate surface area is 71.7 Å². The molecule has 0 unspecified atom stereocenters. The van der Waals surface area contributed by atoms with Gasteiger partial charge in [0.2, 0.25) is 0 Å². The fourth-order valence-corrected chi connectivity index (χ4v) is 2.93. The molecule has 11 heavy (non-hydrogen) atoms. The van der Waals surface area contributed by atoms with Gasteiger partial charge in [-0.25, -0.2) is 0 Å². The molecule has 0 saturated heterocycles. The molecule has 0 aromatic carbocycles. The van der Waals surface area contributed by atoms with Gasteiger partial charge < -0.3 is 8.85 Å². The Hall–Kier alpha value is 0.137. The molecule has 0 fully saturated rings. The first kappa shape index (κ1) is 11.1. The average molecular weight is 176 g/mol. The van der Waals surface area contributed by atoms with Crippen LogP contribution in [0.1, 0.15) is 27.7 Å². The van der Waals surface area contributed by atoms with Gasteiger partial charge in [0, 0.05) is 19.3 Å². The summed E-state index contributed by atoms with van der Waals surface area (Å²) in [6, 6.07) is 0. The molecule has 0 amide bonds. The third kappa shape index (κ3) is 2.58. The third-order valence-electron chi connectivity index (χ3n) is 2.52. The van der Waals surface area contributed by atoms with Crippen molar-refractivity contribution in [3.8, 4) is 0 Å². The molecule has 0 radical (unpaired) electrons. The van der Waals surface area contributed by atoms with Gasteiger partial charge in [-0.3, -0.25) is 0 Å². The van der Waals surface area contributed by atoms with Gasteiger partial charge in [-0.2, -0.15) is 0 Å². The Morgan fingerprint density at radius 2 is 1.45 bits per heavy atom. The molecule has 0 aromatic rings. The Kier molecular flexibility index (Phi) is 4.29. The van der Waals surface area contributed by atoms with E-state index in [2.05, 4.69) is 27.7 Å². The molecule has 0 spiro atoms. The van der Waals surface area contributed by atoms with Crippen molar-refractivity contribution in [1.29, 1.82) is 0 Å². The van der Waals surface area contributed by atoms with E-state index in [9.17, 15) is 0 Å². The predicted octanol–water partition coefficient (Wildman–Crippen LogP) is 1.94. The van der Waals surface area contributed by atoms with Crippen molar-refractivity contribution < 1.29 is 8.85 Å². The van der Waals surface area contributed by atoms with E-state index in [1.165, 1.54) is 0 Å². The van der Waals surface area contributed by atoms with Crippen molar-refractivity contribution in [1.82, 2.24) is 0 Å². The lowest BCUT2D eigenvalue weighted by Crippen LogP contribution is -2.36. The van der Waals surface area contributed by atoms with Crippen molar-refractivity contribution >= 4 is 9.28 Å². The zero-order chi connectivity index (χ0) is 9.07. The molecule has 0 atom stereocenters. The molecule has 68 valence electrons. The first-order valence-electron chi connectivity index (χ1n) is 4.02. The zero-order valence-electron chi connectivity index (χ0n) is 8.47. The van der Waals surface area contributed by atoms with Gasteiger partial charge in [-0.05, 0) is 5.92 Å². The maximum Gasteiger partial charge on any atom is 0.327 e. The summed E-state index contributed by atoms with van der Waals surface area (Å²) in [4.78, 5) is 0. The highest BCUT2D eigenvalue weighted by molar-refractivity contribution is 6.48. The molecule has 0 bridgehead atoms. The molecule has 0 N–H and O–H groups in total. The van der Waals surface area contributed by atoms with Crippen LogP contribution in [0.5, 0.6) is 0 Å². The second kappa shape index (κ2) is 4.23. The number of hydrogen-bond acceptors (Lipinski definition) is 2. The van der Waals surface area contributed by atoms with Crippen molar-refractivity contribution in [2.75, 3.05) is 14.2 Å². The summed E-state index contributed by atoms with van der Waals surface area (Å²) in [5, 5.41) is 0.212. The lowest BCUT2D eigenvalue weighted by molar-refractivity contribution is 0.228. The molecule has 0 aliphatic heterocycles. The summed E-state index contributed by atoms with van der Waals surface area (Å²) in [7, 11) is 2.02. The summed E-state index contributed by atoms with van der Waals surface area (Å²) in [6.45, 7) is 8.83. The quantitative estimate of drug-likeness (QED) is 0.609. The van der Waals surface area contributed by atoms with E-state index < -0.39 is 9.28 Å². The van der Waals surface area contributed by atoms with Crippen LogP contribution < -0.4 is 0 Å². The maximum absolute atomic E-state index is 5.34. The highest BCUT2D eigenvalue weighted by Crippen LogP contribution is 2.37. The van der Waals surface area contributed by atoms with Gasteiger partial charge in [0.25, 0.3) is 0 Å². The molecule has 0 heterocycles. The smallest absolute Gasteiger partial charge is 0.327 e. The average Bonchev–Trinajstić information content (AvgIpc) is 1.89. The Bertz CT molecular complexity index is 109. The Balaban J connectivity index is 4.24. The van der Waals surface area contributed by atoms with Crippen LogP contribution in [0.3, 0.4) is 0 Å². The Morgan fingerprint density at radius 3 is 1.55 bits per heavy atom. The van der Waals surface area contributed by atoms with Crippen molar-refractivity contribution in [3.63, 3.8) is 0 Å². The number of hydrogen-bond donors (Lipinski definition) is 0. The van der Waals surface area contributed by atoms with Crippen molar-refractivity contribution in [2.24, 2.45) is 5.92 Å². The topological polar surface area (TPSA) is 18.5 Å². The first-order valence-corrected chi connectivity index (χ1v) is 5.54. The van der Waals surface area contributed by atoms with Gasteiger partial charge in [0.15, 0.2) is 0 Å². The van der Waals surface area contributed by atoms with Crippen LogP contribution in [-0.2, 0) is 8.85 Å². The third-order valence-corrected chi connectivity index (χ3v) is 5.26. The van der Waals surface area contributed by atoms with Crippen LogP contribution >= 0.6 is 0 Å². The van der Waals surface area contributed by atoms with Gasteiger partial charge >= 0.3 is 9.28 Å². The van der Waals surface area contributed by atoms with E-state index in [4.69, 9.17) is 8.85 Å². The first-order chi connectivity index (χ1) is 4.96. The molecular weight excluding hydrogens is 156 g/mol. The van der Waals surface area contributed by atoms with E-state index in [0.717, 1.165) is 0 Å². The monoisotopic (exact) mass is 176 g/mol. The standard InChI is InChI=1S/C8H20O2Si/c1-7(2)8(3,4)11(9-5)10-6/h7,11H,1-6H3. The van der Waals surface area contributed by atoms with Crippen LogP contribution in [-0.4, -0.2) is 23.5 Å². The van der Waals surface area contributed by atoms with E-state index in [0.29, 0.717) is 5.92 Å². The van der Waals surface area contributed by atoms with Gasteiger partial charge in [-0.1, -0.05) is 27.7 Å². The van der Waals surface area contributed by atoms with E-state index in [1.807, 2.05) is 0 Å². The van der Waals surface area contributed by atoms with Crippen LogP contribution in [0.25, 0.3) is 0 Å². The van der Waals surface area contributed by atoms with E-state index >= 15 is 0 Å². The summed E-state index contributed by atoms with van der Waals surface area (Å²) >= 11 is 0. The van der Waals surface area contributed by atoms with Crippen molar-refractivity contribution in [2.45, 2.75) is 32.7 Å². The maximum atomic E-state index is 5.34. The molecule has 3 heteroatoms. The minimum absolute atomic E-state index is 0.212. The summed E-state index contributed by atoms with van der Waals surface area (Å²) < 4.78 is 10.7. The molecular formula is C8H20O2Si. The van der Waals surface area contributed by atoms with E-state index in [-0.39, 0.29) is 5.04 Å². The van der Waals surface area contributed by atoms with E-state index in [1.54, 1.807) is 14.2 Å². The molecule has 0 aliphatic carbocycles. The Morgan fingerprint density at radius 1 is 1.09 bits per heavy atom. The van der Waals surface area contributed by atoms with Crippen LogP contribution in [0.4, 0.5) is 0 Å². The minimum atomic E-state index is -1.46. The van der Waals surface area contributed by atoms with Gasteiger partial charge in [-0.15, -0.1) is 0 Å². The summed E-state index contributed by atoms with van der Waals surface area (Å²) in [6.07, 6.45) is 0. The summed E-state index contributed by atoms with van der Waals surface area (Å²) in [5.41, 5.74) is 0. The second-order valence-electron chi connectivity index (χ2n) is 3.78. The van der Waals surface area contributed by atoms with Crippen LogP contribution in [0, 0.1) is 5.92 Å². The van der Waals surface area contributed by atoms with Crippen LogP contribution in [0.2, 0.25) is 5.04 Å². The van der Waals surface area contributed by atoms with Gasteiger partial charge in [0.05, 0.1) is 0 Å². The minimum Gasteiger partial charge on any atom is -0.400 e. The summed E-state index contributed by atoms with van der Waals surface area (Å²) in [5.74, 6) is 0.610.